The van der Waals surface area contributed by atoms with Gasteiger partial charge in [-0.1, -0.05) is 42.8 Å². The fourth-order valence-corrected chi connectivity index (χ4v) is 4.94. The van der Waals surface area contributed by atoms with Crippen LogP contribution in [0.25, 0.3) is 10.9 Å². The highest BCUT2D eigenvalue weighted by atomic mass is 16.3. The summed E-state index contributed by atoms with van der Waals surface area (Å²) in [4.78, 5) is 11.8. The van der Waals surface area contributed by atoms with Gasteiger partial charge in [-0.25, -0.2) is 9.97 Å². The standard InChI is InChI=1S/C28H38N4O/c1-20(33)23-15-11-22(12-16-23)19-29-24-17-13-21(14-18-24)7-6-10-27-30-26-9-5-4-8-25(26)28(31-27)32(2)3/h4-5,8-9,11-12,15-16,20-21,24,29,33H,6-7,10,13-14,17-19H2,1-3H3. The zero-order chi connectivity index (χ0) is 23.2. The molecule has 1 atom stereocenters. The van der Waals surface area contributed by atoms with Crippen LogP contribution in [-0.2, 0) is 13.0 Å². The van der Waals surface area contributed by atoms with Crippen molar-refractivity contribution in [1.29, 1.82) is 0 Å². The quantitative estimate of drug-likeness (QED) is 0.459. The van der Waals surface area contributed by atoms with E-state index < -0.39 is 6.10 Å². The van der Waals surface area contributed by atoms with E-state index in [4.69, 9.17) is 9.97 Å². The molecule has 1 aliphatic carbocycles. The third-order valence-corrected chi connectivity index (χ3v) is 6.97. The molecule has 3 aromatic rings. The summed E-state index contributed by atoms with van der Waals surface area (Å²) < 4.78 is 0. The van der Waals surface area contributed by atoms with Crippen LogP contribution in [0.15, 0.2) is 48.5 Å². The molecule has 0 saturated heterocycles. The minimum atomic E-state index is -0.398. The fourth-order valence-electron chi connectivity index (χ4n) is 4.94. The van der Waals surface area contributed by atoms with Gasteiger partial charge in [0.2, 0.25) is 0 Å². The lowest BCUT2D eigenvalue weighted by Crippen LogP contribution is -2.32. The number of aryl methyl sites for hydroxylation is 1. The number of nitrogens with zero attached hydrogens (tertiary/aromatic N) is 3. The first kappa shape index (κ1) is 23.7. The smallest absolute Gasteiger partial charge is 0.139 e. The number of benzene rings is 2. The van der Waals surface area contributed by atoms with Crippen LogP contribution in [0.1, 0.15) is 68.5 Å². The topological polar surface area (TPSA) is 61.3 Å². The lowest BCUT2D eigenvalue weighted by atomic mass is 9.83. The molecule has 0 aliphatic heterocycles. The minimum absolute atomic E-state index is 0.398. The van der Waals surface area contributed by atoms with Crippen molar-refractivity contribution in [3.63, 3.8) is 0 Å². The van der Waals surface area contributed by atoms with Crippen molar-refractivity contribution in [2.24, 2.45) is 5.92 Å². The number of nitrogens with one attached hydrogen (secondary N) is 1. The van der Waals surface area contributed by atoms with Gasteiger partial charge in [-0.05, 0) is 68.2 Å². The van der Waals surface area contributed by atoms with E-state index in [0.29, 0.717) is 6.04 Å². The highest BCUT2D eigenvalue weighted by molar-refractivity contribution is 5.89. The van der Waals surface area contributed by atoms with E-state index >= 15 is 0 Å². The normalized spacial score (nSPS) is 19.5. The first-order chi connectivity index (χ1) is 16.0. The molecule has 0 amide bonds. The largest absolute Gasteiger partial charge is 0.389 e. The number of aliphatic hydroxyl groups is 1. The van der Waals surface area contributed by atoms with Crippen molar-refractivity contribution in [3.05, 3.63) is 65.5 Å². The third-order valence-electron chi connectivity index (χ3n) is 6.97. The first-order valence-corrected chi connectivity index (χ1v) is 12.4. The number of para-hydroxylation sites is 1. The Hall–Kier alpha value is -2.50. The van der Waals surface area contributed by atoms with Crippen molar-refractivity contribution in [1.82, 2.24) is 15.3 Å². The Kier molecular flexibility index (Phi) is 7.94. The van der Waals surface area contributed by atoms with Crippen LogP contribution in [0.2, 0.25) is 0 Å². The average molecular weight is 447 g/mol. The van der Waals surface area contributed by atoms with E-state index in [9.17, 15) is 5.11 Å². The monoisotopic (exact) mass is 446 g/mol. The second-order valence-electron chi connectivity index (χ2n) is 9.78. The van der Waals surface area contributed by atoms with Crippen LogP contribution in [0.3, 0.4) is 0 Å². The molecule has 5 heteroatoms. The van der Waals surface area contributed by atoms with Gasteiger partial charge in [0.25, 0.3) is 0 Å². The lowest BCUT2D eigenvalue weighted by molar-refractivity contribution is 0.199. The second-order valence-corrected chi connectivity index (χ2v) is 9.78. The molecule has 0 radical (unpaired) electrons. The number of anilines is 1. The summed E-state index contributed by atoms with van der Waals surface area (Å²) in [5.41, 5.74) is 3.30. The molecule has 1 saturated carbocycles. The summed E-state index contributed by atoms with van der Waals surface area (Å²) in [6, 6.07) is 17.2. The molecule has 33 heavy (non-hydrogen) atoms. The van der Waals surface area contributed by atoms with E-state index in [1.165, 1.54) is 37.7 Å². The molecule has 1 unspecified atom stereocenters. The molecular weight excluding hydrogens is 408 g/mol. The zero-order valence-corrected chi connectivity index (χ0v) is 20.3. The summed E-state index contributed by atoms with van der Waals surface area (Å²) in [6.45, 7) is 2.71. The minimum Gasteiger partial charge on any atom is -0.389 e. The van der Waals surface area contributed by atoms with Gasteiger partial charge >= 0.3 is 0 Å². The Labute approximate surface area is 198 Å². The van der Waals surface area contributed by atoms with Crippen molar-refractivity contribution in [2.45, 2.75) is 70.6 Å². The van der Waals surface area contributed by atoms with Crippen LogP contribution in [0, 0.1) is 5.92 Å². The van der Waals surface area contributed by atoms with Gasteiger partial charge in [0, 0.05) is 38.5 Å². The summed E-state index contributed by atoms with van der Waals surface area (Å²) in [5.74, 6) is 2.80. The predicted octanol–water partition coefficient (Wildman–Crippen LogP) is 5.42. The summed E-state index contributed by atoms with van der Waals surface area (Å²) in [5, 5.41) is 14.5. The fraction of sp³-hybridized carbons (Fsp3) is 0.500. The number of aliphatic hydroxyl groups excluding tert-OH is 1. The zero-order valence-electron chi connectivity index (χ0n) is 20.3. The molecule has 0 bridgehead atoms. The van der Waals surface area contributed by atoms with Crippen LogP contribution in [0.4, 0.5) is 5.82 Å². The number of hydrogen-bond acceptors (Lipinski definition) is 5. The maximum atomic E-state index is 9.65. The van der Waals surface area contributed by atoms with Crippen molar-refractivity contribution < 1.29 is 5.11 Å². The number of rotatable bonds is 9. The number of fused-ring (bicyclic) bond motifs is 1. The molecule has 1 aromatic heterocycles. The Morgan fingerprint density at radius 3 is 2.42 bits per heavy atom. The molecule has 1 aliphatic rings. The highest BCUT2D eigenvalue weighted by Crippen LogP contribution is 2.29. The maximum absolute atomic E-state index is 9.65. The lowest BCUT2D eigenvalue weighted by Gasteiger charge is -2.29. The molecule has 4 rings (SSSR count). The Morgan fingerprint density at radius 1 is 1.00 bits per heavy atom. The maximum Gasteiger partial charge on any atom is 0.139 e. The van der Waals surface area contributed by atoms with E-state index in [0.717, 1.165) is 53.4 Å². The van der Waals surface area contributed by atoms with Crippen LogP contribution in [0.5, 0.6) is 0 Å². The molecule has 2 aromatic carbocycles. The van der Waals surface area contributed by atoms with Gasteiger partial charge in [0.15, 0.2) is 0 Å². The number of hydrogen-bond donors (Lipinski definition) is 2. The van der Waals surface area contributed by atoms with Gasteiger partial charge in [-0.15, -0.1) is 0 Å². The molecule has 2 N–H and O–H groups in total. The Balaban J connectivity index is 1.21. The van der Waals surface area contributed by atoms with Gasteiger partial charge in [-0.3, -0.25) is 0 Å². The van der Waals surface area contributed by atoms with Gasteiger partial charge < -0.3 is 15.3 Å². The molecule has 176 valence electrons. The number of aromatic nitrogens is 2. The molecular formula is C28H38N4O. The molecule has 5 nitrogen and oxygen atoms in total. The van der Waals surface area contributed by atoms with E-state index in [1.807, 2.05) is 19.1 Å². The van der Waals surface area contributed by atoms with Crippen LogP contribution in [-0.4, -0.2) is 35.2 Å². The highest BCUT2D eigenvalue weighted by Gasteiger charge is 2.21. The Morgan fingerprint density at radius 2 is 1.73 bits per heavy atom. The van der Waals surface area contributed by atoms with E-state index in [2.05, 4.69) is 60.7 Å². The van der Waals surface area contributed by atoms with Crippen molar-refractivity contribution >= 4 is 16.7 Å². The average Bonchev–Trinajstić information content (AvgIpc) is 2.83. The second kappa shape index (κ2) is 11.1. The summed E-state index contributed by atoms with van der Waals surface area (Å²) in [7, 11) is 4.10. The third kappa shape index (κ3) is 6.30. The van der Waals surface area contributed by atoms with E-state index in [-0.39, 0.29) is 0 Å². The van der Waals surface area contributed by atoms with E-state index in [1.54, 1.807) is 0 Å². The van der Waals surface area contributed by atoms with Gasteiger partial charge in [0.05, 0.1) is 11.6 Å². The summed E-state index contributed by atoms with van der Waals surface area (Å²) >= 11 is 0. The molecule has 1 heterocycles. The SMILES string of the molecule is CC(O)c1ccc(CNC2CCC(CCCc3nc(N(C)C)c4ccccc4n3)CC2)cc1. The van der Waals surface area contributed by atoms with Crippen molar-refractivity contribution in [3.8, 4) is 0 Å². The van der Waals surface area contributed by atoms with Gasteiger partial charge in [-0.2, -0.15) is 0 Å². The van der Waals surface area contributed by atoms with Crippen LogP contribution >= 0.6 is 0 Å². The van der Waals surface area contributed by atoms with Crippen LogP contribution < -0.4 is 10.2 Å². The van der Waals surface area contributed by atoms with Crippen molar-refractivity contribution in [2.75, 3.05) is 19.0 Å². The molecule has 1 fully saturated rings. The Bertz CT molecular complexity index is 1020. The molecule has 0 spiro atoms. The van der Waals surface area contributed by atoms with Gasteiger partial charge in [0.1, 0.15) is 11.6 Å². The predicted molar refractivity (Wildman–Crippen MR) is 136 cm³/mol. The summed E-state index contributed by atoms with van der Waals surface area (Å²) in [6.07, 6.45) is 8.10. The first-order valence-electron chi connectivity index (χ1n) is 12.4.